The van der Waals surface area contributed by atoms with Crippen molar-refractivity contribution in [2.45, 2.75) is 39.7 Å². The smallest absolute Gasteiger partial charge is 0.0503 e. The fourth-order valence-electron chi connectivity index (χ4n) is 2.58. The first-order valence-electron chi connectivity index (χ1n) is 6.43. The van der Waals surface area contributed by atoms with Crippen LogP contribution in [0, 0.1) is 11.3 Å². The quantitative estimate of drug-likeness (QED) is 0.778. The third kappa shape index (κ3) is 3.72. The van der Waals surface area contributed by atoms with Gasteiger partial charge in [-0.1, -0.05) is 20.8 Å². The Labute approximate surface area is 100 Å². The highest BCUT2D eigenvalue weighted by Crippen LogP contribution is 2.31. The van der Waals surface area contributed by atoms with Crippen LogP contribution >= 0.6 is 0 Å². The minimum absolute atomic E-state index is 0.482. The number of ether oxygens (including phenoxy) is 1. The van der Waals surface area contributed by atoms with E-state index in [4.69, 9.17) is 10.5 Å². The van der Waals surface area contributed by atoms with Gasteiger partial charge in [0.15, 0.2) is 0 Å². The fourth-order valence-corrected chi connectivity index (χ4v) is 2.58. The van der Waals surface area contributed by atoms with Gasteiger partial charge in [0.25, 0.3) is 0 Å². The van der Waals surface area contributed by atoms with Gasteiger partial charge in [0.05, 0.1) is 6.61 Å². The van der Waals surface area contributed by atoms with Crippen LogP contribution in [0.2, 0.25) is 0 Å². The van der Waals surface area contributed by atoms with Crippen LogP contribution in [0.4, 0.5) is 0 Å². The maximum absolute atomic E-state index is 5.91. The molecule has 2 atom stereocenters. The lowest BCUT2D eigenvalue weighted by Crippen LogP contribution is -2.50. The van der Waals surface area contributed by atoms with Gasteiger partial charge in [-0.15, -0.1) is 0 Å². The lowest BCUT2D eigenvalue weighted by atomic mass is 9.81. The topological polar surface area (TPSA) is 38.5 Å². The first-order valence-corrected chi connectivity index (χ1v) is 6.43. The van der Waals surface area contributed by atoms with E-state index in [9.17, 15) is 0 Å². The van der Waals surface area contributed by atoms with Gasteiger partial charge < -0.3 is 10.5 Å². The van der Waals surface area contributed by atoms with Gasteiger partial charge in [-0.05, 0) is 37.3 Å². The monoisotopic (exact) mass is 228 g/mol. The zero-order chi connectivity index (χ0) is 12.2. The third-order valence-corrected chi connectivity index (χ3v) is 3.95. The van der Waals surface area contributed by atoms with E-state index in [2.05, 4.69) is 25.7 Å². The highest BCUT2D eigenvalue weighted by molar-refractivity contribution is 4.85. The predicted octanol–water partition coefficient (Wildman–Crippen LogP) is 1.72. The molecule has 3 nitrogen and oxygen atoms in total. The highest BCUT2D eigenvalue weighted by Gasteiger charge is 2.30. The van der Waals surface area contributed by atoms with Crippen molar-refractivity contribution in [3.8, 4) is 0 Å². The van der Waals surface area contributed by atoms with Crippen molar-refractivity contribution in [1.82, 2.24) is 4.90 Å². The summed E-state index contributed by atoms with van der Waals surface area (Å²) in [5, 5.41) is 0. The lowest BCUT2D eigenvalue weighted by Gasteiger charge is -2.42. The summed E-state index contributed by atoms with van der Waals surface area (Å²) in [5.41, 5.74) is 6.42. The molecule has 0 spiro atoms. The van der Waals surface area contributed by atoms with Crippen molar-refractivity contribution >= 4 is 0 Å². The van der Waals surface area contributed by atoms with E-state index in [0.717, 1.165) is 13.2 Å². The van der Waals surface area contributed by atoms with Crippen molar-refractivity contribution in [2.75, 3.05) is 33.4 Å². The van der Waals surface area contributed by atoms with Crippen LogP contribution in [0.5, 0.6) is 0 Å². The van der Waals surface area contributed by atoms with Crippen LogP contribution in [-0.2, 0) is 4.74 Å². The molecule has 1 fully saturated rings. The summed E-state index contributed by atoms with van der Waals surface area (Å²) in [6.07, 6.45) is 2.56. The first-order chi connectivity index (χ1) is 7.50. The summed E-state index contributed by atoms with van der Waals surface area (Å²) in [6.45, 7) is 10.9. The van der Waals surface area contributed by atoms with Crippen LogP contribution in [-0.4, -0.2) is 44.3 Å². The second-order valence-electron chi connectivity index (χ2n) is 5.94. The minimum Gasteiger partial charge on any atom is -0.384 e. The Morgan fingerprint density at radius 1 is 1.31 bits per heavy atom. The van der Waals surface area contributed by atoms with Crippen molar-refractivity contribution in [3.05, 3.63) is 0 Å². The number of rotatable bonds is 5. The standard InChI is InChI=1S/C13H28N2O/c1-11(10-16-4)12(9-14)15-7-5-13(2,3)6-8-15/h11-12H,5-10,14H2,1-4H3. The average molecular weight is 228 g/mol. The zero-order valence-corrected chi connectivity index (χ0v) is 11.3. The molecule has 2 N–H and O–H groups in total. The largest absolute Gasteiger partial charge is 0.384 e. The minimum atomic E-state index is 0.482. The van der Waals surface area contributed by atoms with E-state index in [-0.39, 0.29) is 0 Å². The molecule has 1 heterocycles. The summed E-state index contributed by atoms with van der Waals surface area (Å²) in [5.74, 6) is 0.524. The van der Waals surface area contributed by atoms with E-state index < -0.39 is 0 Å². The van der Waals surface area contributed by atoms with Crippen molar-refractivity contribution in [2.24, 2.45) is 17.1 Å². The second kappa shape index (κ2) is 5.99. The molecule has 16 heavy (non-hydrogen) atoms. The Balaban J connectivity index is 2.48. The summed E-state index contributed by atoms with van der Waals surface area (Å²) in [4.78, 5) is 2.55. The summed E-state index contributed by atoms with van der Waals surface area (Å²) in [7, 11) is 1.77. The molecule has 0 bridgehead atoms. The molecule has 0 aromatic rings. The van der Waals surface area contributed by atoms with E-state index in [1.165, 1.54) is 25.9 Å². The summed E-state index contributed by atoms with van der Waals surface area (Å²) >= 11 is 0. The number of likely N-dealkylation sites (tertiary alicyclic amines) is 1. The van der Waals surface area contributed by atoms with Gasteiger partial charge in [-0.25, -0.2) is 0 Å². The number of piperidine rings is 1. The molecule has 0 aromatic carbocycles. The maximum atomic E-state index is 5.91. The molecule has 1 rings (SSSR count). The van der Waals surface area contributed by atoms with Gasteiger partial charge in [0, 0.05) is 19.7 Å². The normalized spacial score (nSPS) is 25.3. The molecule has 0 saturated carbocycles. The zero-order valence-electron chi connectivity index (χ0n) is 11.3. The van der Waals surface area contributed by atoms with Gasteiger partial charge >= 0.3 is 0 Å². The van der Waals surface area contributed by atoms with Gasteiger partial charge in [-0.2, -0.15) is 0 Å². The molecular weight excluding hydrogens is 200 g/mol. The van der Waals surface area contributed by atoms with Crippen LogP contribution in [0.15, 0.2) is 0 Å². The average Bonchev–Trinajstić information content (AvgIpc) is 2.22. The number of methoxy groups -OCH3 is 1. The molecule has 0 radical (unpaired) electrons. The van der Waals surface area contributed by atoms with Gasteiger partial charge in [-0.3, -0.25) is 4.90 Å². The molecule has 0 amide bonds. The molecule has 96 valence electrons. The van der Waals surface area contributed by atoms with E-state index >= 15 is 0 Å². The molecule has 2 unspecified atom stereocenters. The number of hydrogen-bond acceptors (Lipinski definition) is 3. The van der Waals surface area contributed by atoms with Crippen LogP contribution in [0.25, 0.3) is 0 Å². The third-order valence-electron chi connectivity index (χ3n) is 3.95. The van der Waals surface area contributed by atoms with Gasteiger partial charge in [0.2, 0.25) is 0 Å². The number of hydrogen-bond donors (Lipinski definition) is 1. The molecule has 1 saturated heterocycles. The van der Waals surface area contributed by atoms with Crippen LogP contribution in [0.1, 0.15) is 33.6 Å². The maximum Gasteiger partial charge on any atom is 0.0503 e. The van der Waals surface area contributed by atoms with Crippen LogP contribution in [0.3, 0.4) is 0 Å². The Morgan fingerprint density at radius 2 is 1.88 bits per heavy atom. The number of nitrogens with two attached hydrogens (primary N) is 1. The fraction of sp³-hybridized carbons (Fsp3) is 1.00. The SMILES string of the molecule is COCC(C)C(CN)N1CCC(C)(C)CC1. The van der Waals surface area contributed by atoms with E-state index in [1.807, 2.05) is 0 Å². The molecule has 3 heteroatoms. The molecular formula is C13H28N2O. The van der Waals surface area contributed by atoms with E-state index in [0.29, 0.717) is 17.4 Å². The summed E-state index contributed by atoms with van der Waals surface area (Å²) in [6, 6.07) is 0.482. The lowest BCUT2D eigenvalue weighted by molar-refractivity contribution is 0.0458. The van der Waals surface area contributed by atoms with Crippen molar-refractivity contribution in [1.29, 1.82) is 0 Å². The van der Waals surface area contributed by atoms with Gasteiger partial charge in [0.1, 0.15) is 0 Å². The molecule has 1 aliphatic heterocycles. The Hall–Kier alpha value is -0.120. The second-order valence-corrected chi connectivity index (χ2v) is 5.94. The van der Waals surface area contributed by atoms with E-state index in [1.54, 1.807) is 7.11 Å². The van der Waals surface area contributed by atoms with Crippen LogP contribution < -0.4 is 5.73 Å². The summed E-state index contributed by atoms with van der Waals surface area (Å²) < 4.78 is 5.24. The first kappa shape index (κ1) is 13.9. The molecule has 0 aromatic heterocycles. The number of nitrogens with zero attached hydrogens (tertiary/aromatic N) is 1. The van der Waals surface area contributed by atoms with Crippen molar-refractivity contribution < 1.29 is 4.74 Å². The Bertz CT molecular complexity index is 196. The Morgan fingerprint density at radius 3 is 2.31 bits per heavy atom. The molecule has 1 aliphatic rings. The predicted molar refractivity (Wildman–Crippen MR) is 68.5 cm³/mol. The molecule has 0 aliphatic carbocycles. The van der Waals surface area contributed by atoms with Crippen molar-refractivity contribution in [3.63, 3.8) is 0 Å². The highest BCUT2D eigenvalue weighted by atomic mass is 16.5. The Kier molecular flexibility index (Phi) is 5.22.